The molecule has 1 aliphatic rings. The van der Waals surface area contributed by atoms with Crippen LogP contribution in [0.25, 0.3) is 0 Å². The third kappa shape index (κ3) is 2.91. The summed E-state index contributed by atoms with van der Waals surface area (Å²) in [5.41, 5.74) is 5.52. The summed E-state index contributed by atoms with van der Waals surface area (Å²) in [7, 11) is 0. The Kier molecular flexibility index (Phi) is 4.07. The van der Waals surface area contributed by atoms with E-state index in [1.807, 2.05) is 0 Å². The molecule has 60 valence electrons. The second kappa shape index (κ2) is 4.57. The lowest BCUT2D eigenvalue weighted by Crippen LogP contribution is -2.12. The standard InChI is InChI=1S/C7H8N2O.ClH/c8-7(10)6-2-1-4-9-5-3-6;/h1-5,9H,(H2,8,10);1H. The van der Waals surface area contributed by atoms with Crippen LogP contribution in [0, 0.1) is 0 Å². The molecule has 1 rings (SSSR count). The topological polar surface area (TPSA) is 55.1 Å². The second-order valence-electron chi connectivity index (χ2n) is 1.85. The van der Waals surface area contributed by atoms with E-state index >= 15 is 0 Å². The lowest BCUT2D eigenvalue weighted by atomic mass is 10.2. The van der Waals surface area contributed by atoms with Crippen LogP contribution < -0.4 is 11.1 Å². The number of nitrogens with two attached hydrogens (primary N) is 1. The van der Waals surface area contributed by atoms with Crippen molar-refractivity contribution in [2.75, 3.05) is 0 Å². The van der Waals surface area contributed by atoms with Crippen LogP contribution in [0.1, 0.15) is 0 Å². The number of rotatable bonds is 1. The molecule has 0 saturated carbocycles. The van der Waals surface area contributed by atoms with Crippen molar-refractivity contribution >= 4 is 18.3 Å². The third-order valence-electron chi connectivity index (χ3n) is 1.11. The summed E-state index contributed by atoms with van der Waals surface area (Å²) in [5.74, 6) is -0.412. The van der Waals surface area contributed by atoms with Gasteiger partial charge in [0.05, 0.1) is 0 Å². The van der Waals surface area contributed by atoms with E-state index in [-0.39, 0.29) is 12.4 Å². The predicted molar refractivity (Wildman–Crippen MR) is 45.9 cm³/mol. The zero-order chi connectivity index (χ0) is 7.40. The van der Waals surface area contributed by atoms with Crippen molar-refractivity contribution in [2.24, 2.45) is 5.73 Å². The van der Waals surface area contributed by atoms with Gasteiger partial charge in [-0.25, -0.2) is 0 Å². The number of allylic oxidation sites excluding steroid dienone is 2. The minimum absolute atomic E-state index is 0. The van der Waals surface area contributed by atoms with E-state index in [0.29, 0.717) is 5.57 Å². The molecule has 0 fully saturated rings. The van der Waals surface area contributed by atoms with E-state index in [0.717, 1.165) is 0 Å². The average molecular weight is 173 g/mol. The number of carbonyl (C=O) groups excluding carboxylic acids is 1. The van der Waals surface area contributed by atoms with Crippen molar-refractivity contribution in [1.82, 2.24) is 5.32 Å². The summed E-state index contributed by atoms with van der Waals surface area (Å²) >= 11 is 0. The fourth-order valence-electron chi connectivity index (χ4n) is 0.621. The molecular formula is C7H9ClN2O. The van der Waals surface area contributed by atoms with Crippen molar-refractivity contribution < 1.29 is 4.79 Å². The highest BCUT2D eigenvalue weighted by Gasteiger charge is 1.98. The van der Waals surface area contributed by atoms with Crippen LogP contribution in [-0.2, 0) is 4.79 Å². The molecule has 0 aliphatic carbocycles. The molecule has 3 N–H and O–H groups in total. The van der Waals surface area contributed by atoms with Gasteiger partial charge in [-0.15, -0.1) is 12.4 Å². The first-order valence-corrected chi connectivity index (χ1v) is 2.90. The first-order valence-electron chi connectivity index (χ1n) is 2.90. The monoisotopic (exact) mass is 172 g/mol. The number of primary amides is 1. The molecule has 1 aliphatic heterocycles. The van der Waals surface area contributed by atoms with Gasteiger partial charge in [-0.05, 0) is 18.2 Å². The smallest absolute Gasteiger partial charge is 0.248 e. The second-order valence-corrected chi connectivity index (χ2v) is 1.85. The molecule has 0 unspecified atom stereocenters. The Hall–Kier alpha value is -1.22. The van der Waals surface area contributed by atoms with E-state index in [4.69, 9.17) is 5.73 Å². The first-order chi connectivity index (χ1) is 4.80. The molecule has 0 bridgehead atoms. The molecule has 0 aromatic rings. The van der Waals surface area contributed by atoms with Crippen LogP contribution in [0.5, 0.6) is 0 Å². The molecule has 0 atom stereocenters. The minimum Gasteiger partial charge on any atom is -0.368 e. The Balaban J connectivity index is 0.000001000. The molecule has 0 aromatic carbocycles. The summed E-state index contributed by atoms with van der Waals surface area (Å²) < 4.78 is 0. The molecule has 0 saturated heterocycles. The van der Waals surface area contributed by atoms with Crippen LogP contribution in [0.3, 0.4) is 0 Å². The van der Waals surface area contributed by atoms with Gasteiger partial charge in [-0.1, -0.05) is 0 Å². The highest BCUT2D eigenvalue weighted by molar-refractivity contribution is 5.95. The van der Waals surface area contributed by atoms with Gasteiger partial charge in [0.15, 0.2) is 0 Å². The lowest BCUT2D eigenvalue weighted by molar-refractivity contribution is -0.114. The summed E-state index contributed by atoms with van der Waals surface area (Å²) in [4.78, 5) is 10.5. The lowest BCUT2D eigenvalue weighted by Gasteiger charge is -1.89. The largest absolute Gasteiger partial charge is 0.368 e. The van der Waals surface area contributed by atoms with Gasteiger partial charge >= 0.3 is 0 Å². The maximum atomic E-state index is 10.5. The third-order valence-corrected chi connectivity index (χ3v) is 1.11. The van der Waals surface area contributed by atoms with E-state index < -0.39 is 5.91 Å². The fraction of sp³-hybridized carbons (Fsp3) is 0. The van der Waals surface area contributed by atoms with E-state index in [2.05, 4.69) is 5.32 Å². The van der Waals surface area contributed by atoms with Crippen LogP contribution in [0.4, 0.5) is 0 Å². The normalized spacial score (nSPS) is 14.0. The van der Waals surface area contributed by atoms with Crippen LogP contribution in [0.15, 0.2) is 36.2 Å². The number of hydrogen-bond donors (Lipinski definition) is 2. The Bertz CT molecular complexity index is 231. The van der Waals surface area contributed by atoms with Gasteiger partial charge in [0.25, 0.3) is 0 Å². The average Bonchev–Trinajstić information content (AvgIpc) is 2.12. The molecule has 3 nitrogen and oxygen atoms in total. The number of hydrogen-bond acceptors (Lipinski definition) is 2. The Morgan fingerprint density at radius 2 is 2.18 bits per heavy atom. The Morgan fingerprint density at radius 1 is 1.45 bits per heavy atom. The van der Waals surface area contributed by atoms with Crippen molar-refractivity contribution in [3.05, 3.63) is 36.2 Å². The van der Waals surface area contributed by atoms with Crippen LogP contribution in [-0.4, -0.2) is 5.91 Å². The maximum absolute atomic E-state index is 10.5. The molecule has 1 heterocycles. The van der Waals surface area contributed by atoms with Gasteiger partial charge in [-0.3, -0.25) is 4.79 Å². The zero-order valence-electron chi connectivity index (χ0n) is 5.78. The van der Waals surface area contributed by atoms with Gasteiger partial charge in [-0.2, -0.15) is 0 Å². The Morgan fingerprint density at radius 3 is 2.82 bits per heavy atom. The van der Waals surface area contributed by atoms with Crippen LogP contribution >= 0.6 is 12.4 Å². The fourth-order valence-corrected chi connectivity index (χ4v) is 0.621. The van der Waals surface area contributed by atoms with Gasteiger partial charge < -0.3 is 11.1 Å². The molecule has 4 heteroatoms. The van der Waals surface area contributed by atoms with E-state index in [1.54, 1.807) is 30.6 Å². The van der Waals surface area contributed by atoms with Gasteiger partial charge in [0, 0.05) is 18.0 Å². The van der Waals surface area contributed by atoms with Crippen molar-refractivity contribution in [3.8, 4) is 0 Å². The zero-order valence-corrected chi connectivity index (χ0v) is 6.60. The minimum atomic E-state index is -0.412. The summed E-state index contributed by atoms with van der Waals surface area (Å²) in [6.07, 6.45) is 8.37. The SMILES string of the molecule is Cl.NC(=O)C1=CC=CNC=C1. The highest BCUT2D eigenvalue weighted by Crippen LogP contribution is 1.97. The molecular weight excluding hydrogens is 164 g/mol. The molecule has 1 amide bonds. The summed E-state index contributed by atoms with van der Waals surface area (Å²) in [6.45, 7) is 0. The number of amides is 1. The number of carbonyl (C=O) groups is 1. The summed E-state index contributed by atoms with van der Waals surface area (Å²) in [5, 5.41) is 2.81. The van der Waals surface area contributed by atoms with Crippen molar-refractivity contribution in [2.45, 2.75) is 0 Å². The van der Waals surface area contributed by atoms with Crippen LogP contribution in [0.2, 0.25) is 0 Å². The molecule has 11 heavy (non-hydrogen) atoms. The highest BCUT2D eigenvalue weighted by atomic mass is 35.5. The van der Waals surface area contributed by atoms with Gasteiger partial charge in [0.1, 0.15) is 0 Å². The molecule has 0 radical (unpaired) electrons. The van der Waals surface area contributed by atoms with E-state index in [1.165, 1.54) is 0 Å². The first kappa shape index (κ1) is 9.78. The Labute approximate surface area is 71.1 Å². The van der Waals surface area contributed by atoms with Crippen molar-refractivity contribution in [3.63, 3.8) is 0 Å². The van der Waals surface area contributed by atoms with Gasteiger partial charge in [0.2, 0.25) is 5.91 Å². The van der Waals surface area contributed by atoms with E-state index in [9.17, 15) is 4.79 Å². The molecule has 0 aromatic heterocycles. The molecule has 0 spiro atoms. The predicted octanol–water partition coefficient (Wildman–Crippen LogP) is 0.451. The number of nitrogens with one attached hydrogen (secondary N) is 1. The summed E-state index contributed by atoms with van der Waals surface area (Å²) in [6, 6.07) is 0. The maximum Gasteiger partial charge on any atom is 0.248 e. The number of halogens is 1. The van der Waals surface area contributed by atoms with Crippen molar-refractivity contribution in [1.29, 1.82) is 0 Å². The quantitative estimate of drug-likeness (QED) is 0.604.